The van der Waals surface area contributed by atoms with Crippen LogP contribution in [0.5, 0.6) is 0 Å². The predicted octanol–water partition coefficient (Wildman–Crippen LogP) is 2.61. The van der Waals surface area contributed by atoms with E-state index in [1.165, 1.54) is 18.2 Å². The van der Waals surface area contributed by atoms with Gasteiger partial charge >= 0.3 is 0 Å². The molecule has 0 spiro atoms. The van der Waals surface area contributed by atoms with Crippen LogP contribution in [-0.4, -0.2) is 11.6 Å². The number of nitro benzene ring substituents is 1. The maximum absolute atomic E-state index is 12.1. The van der Waals surface area contributed by atoms with Crippen molar-refractivity contribution in [2.45, 2.75) is 12.5 Å². The molecule has 6 heteroatoms. The number of benzene rings is 1. The summed E-state index contributed by atoms with van der Waals surface area (Å²) in [4.78, 5) is 9.95. The summed E-state index contributed by atoms with van der Waals surface area (Å²) in [6.07, 6.45) is 0.0981. The molecule has 0 saturated carbocycles. The Kier molecular flexibility index (Phi) is 3.99. The molecule has 82 valence electrons. The van der Waals surface area contributed by atoms with Gasteiger partial charge in [-0.1, -0.05) is 11.6 Å². The Bertz CT molecular complexity index is 373. The van der Waals surface area contributed by atoms with Gasteiger partial charge in [0.15, 0.2) is 0 Å². The van der Waals surface area contributed by atoms with Crippen molar-refractivity contribution in [2.75, 3.05) is 6.67 Å². The molecule has 15 heavy (non-hydrogen) atoms. The standard InChI is InChI=1S/C9H10ClFN2O2/c10-8-2-1-6(13(14)15)5-7(8)9(12)3-4-11/h1-2,5,9H,3-4,12H2/t9-/m0/s1. The molecule has 1 aromatic rings. The lowest BCUT2D eigenvalue weighted by Gasteiger charge is -2.11. The van der Waals surface area contributed by atoms with E-state index in [1.54, 1.807) is 0 Å². The Balaban J connectivity index is 3.04. The summed E-state index contributed by atoms with van der Waals surface area (Å²) in [5.41, 5.74) is 5.94. The van der Waals surface area contributed by atoms with Gasteiger partial charge in [0.05, 0.1) is 11.6 Å². The van der Waals surface area contributed by atoms with Crippen molar-refractivity contribution in [3.05, 3.63) is 38.9 Å². The molecule has 0 bridgehead atoms. The average molecular weight is 233 g/mol. The first-order chi connectivity index (χ1) is 7.06. The second kappa shape index (κ2) is 5.04. The summed E-state index contributed by atoms with van der Waals surface area (Å²) in [7, 11) is 0. The monoisotopic (exact) mass is 232 g/mol. The van der Waals surface area contributed by atoms with Gasteiger partial charge in [0.2, 0.25) is 0 Å². The van der Waals surface area contributed by atoms with E-state index in [0.717, 1.165) is 0 Å². The van der Waals surface area contributed by atoms with E-state index >= 15 is 0 Å². The van der Waals surface area contributed by atoms with Crippen molar-refractivity contribution in [2.24, 2.45) is 5.73 Å². The Morgan fingerprint density at radius 1 is 1.60 bits per heavy atom. The number of hydrogen-bond donors (Lipinski definition) is 1. The zero-order valence-corrected chi connectivity index (χ0v) is 8.58. The first-order valence-corrected chi connectivity index (χ1v) is 4.69. The van der Waals surface area contributed by atoms with Crippen molar-refractivity contribution in [1.29, 1.82) is 0 Å². The number of non-ortho nitro benzene ring substituents is 1. The number of hydrogen-bond acceptors (Lipinski definition) is 3. The van der Waals surface area contributed by atoms with Gasteiger partial charge in [-0.2, -0.15) is 0 Å². The number of halogens is 2. The van der Waals surface area contributed by atoms with Crippen molar-refractivity contribution in [3.8, 4) is 0 Å². The van der Waals surface area contributed by atoms with Crippen LogP contribution in [0.25, 0.3) is 0 Å². The van der Waals surface area contributed by atoms with Gasteiger partial charge in [-0.05, 0) is 18.1 Å². The lowest BCUT2D eigenvalue weighted by atomic mass is 10.0. The zero-order valence-electron chi connectivity index (χ0n) is 7.82. The van der Waals surface area contributed by atoms with Crippen molar-refractivity contribution >= 4 is 17.3 Å². The van der Waals surface area contributed by atoms with Gasteiger partial charge in [-0.15, -0.1) is 0 Å². The smallest absolute Gasteiger partial charge is 0.269 e. The summed E-state index contributed by atoms with van der Waals surface area (Å²) < 4.78 is 12.1. The lowest BCUT2D eigenvalue weighted by Crippen LogP contribution is -2.11. The lowest BCUT2D eigenvalue weighted by molar-refractivity contribution is -0.384. The van der Waals surface area contributed by atoms with Gasteiger partial charge < -0.3 is 5.73 Å². The normalized spacial score (nSPS) is 12.5. The minimum atomic E-state index is -0.609. The van der Waals surface area contributed by atoms with Crippen LogP contribution in [0, 0.1) is 10.1 Å². The Hall–Kier alpha value is -1.20. The van der Waals surface area contributed by atoms with Crippen LogP contribution in [0.2, 0.25) is 5.02 Å². The molecule has 0 saturated heterocycles. The molecule has 2 N–H and O–H groups in total. The third-order valence-electron chi connectivity index (χ3n) is 2.01. The minimum Gasteiger partial charge on any atom is -0.324 e. The van der Waals surface area contributed by atoms with Crippen molar-refractivity contribution < 1.29 is 9.31 Å². The molecule has 0 unspecified atom stereocenters. The van der Waals surface area contributed by atoms with Crippen LogP contribution in [-0.2, 0) is 0 Å². The highest BCUT2D eigenvalue weighted by molar-refractivity contribution is 6.31. The molecule has 0 heterocycles. The van der Waals surface area contributed by atoms with Crippen LogP contribution in [0.15, 0.2) is 18.2 Å². The molecule has 0 aliphatic carbocycles. The summed E-state index contributed by atoms with van der Waals surface area (Å²) in [6.45, 7) is -0.583. The second-order valence-electron chi connectivity index (χ2n) is 3.05. The second-order valence-corrected chi connectivity index (χ2v) is 3.45. The third kappa shape index (κ3) is 2.87. The molecule has 0 radical (unpaired) electrons. The fourth-order valence-electron chi connectivity index (χ4n) is 1.20. The quantitative estimate of drug-likeness (QED) is 0.641. The molecule has 1 rings (SSSR count). The molecule has 4 nitrogen and oxygen atoms in total. The van der Waals surface area contributed by atoms with E-state index in [2.05, 4.69) is 0 Å². The van der Waals surface area contributed by atoms with E-state index in [9.17, 15) is 14.5 Å². The molecule has 1 aromatic carbocycles. The zero-order chi connectivity index (χ0) is 11.4. The molecule has 1 atom stereocenters. The highest BCUT2D eigenvalue weighted by Gasteiger charge is 2.14. The van der Waals surface area contributed by atoms with E-state index < -0.39 is 17.6 Å². The van der Waals surface area contributed by atoms with Gasteiger partial charge in [0, 0.05) is 23.2 Å². The van der Waals surface area contributed by atoms with Crippen LogP contribution in [0.4, 0.5) is 10.1 Å². The molecule has 0 aliphatic rings. The third-order valence-corrected chi connectivity index (χ3v) is 2.35. The number of nitrogens with zero attached hydrogens (tertiary/aromatic N) is 1. The topological polar surface area (TPSA) is 69.2 Å². The Morgan fingerprint density at radius 2 is 2.27 bits per heavy atom. The minimum absolute atomic E-state index is 0.0938. The first kappa shape index (κ1) is 11.9. The van der Waals surface area contributed by atoms with E-state index in [-0.39, 0.29) is 12.1 Å². The van der Waals surface area contributed by atoms with E-state index in [4.69, 9.17) is 17.3 Å². The fraction of sp³-hybridized carbons (Fsp3) is 0.333. The SMILES string of the molecule is N[C@@H](CCF)c1cc([N+](=O)[O-])ccc1Cl. The number of rotatable bonds is 4. The molecule has 0 amide bonds. The molecular formula is C9H10ClFN2O2. The Labute approximate surface area is 91.0 Å². The van der Waals surface area contributed by atoms with Crippen molar-refractivity contribution in [1.82, 2.24) is 0 Å². The van der Waals surface area contributed by atoms with Gasteiger partial charge in [-0.25, -0.2) is 0 Å². The van der Waals surface area contributed by atoms with E-state index in [0.29, 0.717) is 10.6 Å². The van der Waals surface area contributed by atoms with E-state index in [1.807, 2.05) is 0 Å². The number of nitro groups is 1. The van der Waals surface area contributed by atoms with Gasteiger partial charge in [-0.3, -0.25) is 14.5 Å². The van der Waals surface area contributed by atoms with Crippen LogP contribution < -0.4 is 5.73 Å². The summed E-state index contributed by atoms with van der Waals surface area (Å²) >= 11 is 5.81. The molecular weight excluding hydrogens is 223 g/mol. The van der Waals surface area contributed by atoms with Crippen LogP contribution in [0.1, 0.15) is 18.0 Å². The number of alkyl halides is 1. The van der Waals surface area contributed by atoms with Crippen LogP contribution >= 0.6 is 11.6 Å². The maximum atomic E-state index is 12.1. The summed E-state index contributed by atoms with van der Waals surface area (Å²) in [5, 5.41) is 10.8. The average Bonchev–Trinajstić information content (AvgIpc) is 2.18. The van der Waals surface area contributed by atoms with Crippen LogP contribution in [0.3, 0.4) is 0 Å². The number of nitrogens with two attached hydrogens (primary N) is 1. The summed E-state index contributed by atoms with van der Waals surface area (Å²) in [6, 6.07) is 3.35. The van der Waals surface area contributed by atoms with Gasteiger partial charge in [0.25, 0.3) is 5.69 Å². The first-order valence-electron chi connectivity index (χ1n) is 4.31. The highest BCUT2D eigenvalue weighted by Crippen LogP contribution is 2.27. The Morgan fingerprint density at radius 3 is 2.80 bits per heavy atom. The highest BCUT2D eigenvalue weighted by atomic mass is 35.5. The molecule has 0 fully saturated rings. The predicted molar refractivity (Wildman–Crippen MR) is 55.6 cm³/mol. The maximum Gasteiger partial charge on any atom is 0.269 e. The summed E-state index contributed by atoms with van der Waals surface area (Å²) in [5.74, 6) is 0. The molecule has 0 aliphatic heterocycles. The fourth-order valence-corrected chi connectivity index (χ4v) is 1.46. The van der Waals surface area contributed by atoms with Gasteiger partial charge in [0.1, 0.15) is 0 Å². The van der Waals surface area contributed by atoms with Crippen molar-refractivity contribution in [3.63, 3.8) is 0 Å². The largest absolute Gasteiger partial charge is 0.324 e. The molecule has 0 aromatic heterocycles.